The number of hydrogen-bond donors (Lipinski definition) is 1. The van der Waals surface area contributed by atoms with E-state index in [0.29, 0.717) is 23.7 Å². The number of alkyl halides is 3. The maximum absolute atomic E-state index is 12.6. The maximum Gasteiger partial charge on any atom is 0.416 e. The number of hydrogen-bond acceptors (Lipinski definition) is 4. The van der Waals surface area contributed by atoms with Crippen LogP contribution in [0, 0.1) is 0 Å². The summed E-state index contributed by atoms with van der Waals surface area (Å²) in [5.41, 5.74) is -0.162. The molecule has 1 heterocycles. The van der Waals surface area contributed by atoms with E-state index in [-0.39, 0.29) is 6.42 Å². The van der Waals surface area contributed by atoms with Gasteiger partial charge in [0.15, 0.2) is 5.82 Å². The number of nitrogens with one attached hydrogen (secondary N) is 1. The van der Waals surface area contributed by atoms with Crippen LogP contribution < -0.4 is 5.32 Å². The lowest BCUT2D eigenvalue weighted by atomic mass is 10.1. The number of benzene rings is 1. The van der Waals surface area contributed by atoms with E-state index in [4.69, 9.17) is 4.52 Å². The molecule has 0 amide bonds. The quantitative estimate of drug-likeness (QED) is 0.833. The van der Waals surface area contributed by atoms with Gasteiger partial charge in [-0.25, -0.2) is 0 Å². The van der Waals surface area contributed by atoms with Crippen LogP contribution >= 0.6 is 0 Å². The summed E-state index contributed by atoms with van der Waals surface area (Å²) in [7, 11) is 1.85. The SMILES string of the molecule is CNCCCc1nc(Cc2cccc(C(F)(F)F)c2)no1. The smallest absolute Gasteiger partial charge is 0.339 e. The van der Waals surface area contributed by atoms with Gasteiger partial charge in [-0.15, -0.1) is 0 Å². The summed E-state index contributed by atoms with van der Waals surface area (Å²) < 4.78 is 43.0. The monoisotopic (exact) mass is 299 g/mol. The molecule has 0 saturated heterocycles. The summed E-state index contributed by atoms with van der Waals surface area (Å²) in [5.74, 6) is 0.904. The van der Waals surface area contributed by atoms with Crippen molar-refractivity contribution in [1.82, 2.24) is 15.5 Å². The Hall–Kier alpha value is -1.89. The second kappa shape index (κ2) is 6.71. The van der Waals surface area contributed by atoms with Gasteiger partial charge in [0.1, 0.15) is 0 Å². The summed E-state index contributed by atoms with van der Waals surface area (Å²) in [6, 6.07) is 5.15. The molecule has 0 aliphatic rings. The van der Waals surface area contributed by atoms with Crippen LogP contribution in [-0.4, -0.2) is 23.7 Å². The standard InChI is InChI=1S/C14H16F3N3O/c1-18-7-3-6-13-19-12(20-21-13)9-10-4-2-5-11(8-10)14(15,16)17/h2,4-5,8,18H,3,6-7,9H2,1H3. The first kappa shape index (κ1) is 15.5. The summed E-state index contributed by atoms with van der Waals surface area (Å²) in [5, 5.41) is 6.80. The van der Waals surface area contributed by atoms with Gasteiger partial charge in [-0.2, -0.15) is 18.2 Å². The Morgan fingerprint density at radius 3 is 2.81 bits per heavy atom. The first-order valence-electron chi connectivity index (χ1n) is 6.61. The first-order chi connectivity index (χ1) is 9.99. The normalized spacial score (nSPS) is 11.8. The zero-order valence-electron chi connectivity index (χ0n) is 11.6. The number of aryl methyl sites for hydroxylation is 1. The minimum Gasteiger partial charge on any atom is -0.339 e. The van der Waals surface area contributed by atoms with E-state index < -0.39 is 11.7 Å². The summed E-state index contributed by atoms with van der Waals surface area (Å²) in [6.07, 6.45) is -2.61. The second-order valence-corrected chi connectivity index (χ2v) is 4.69. The lowest BCUT2D eigenvalue weighted by Crippen LogP contribution is -2.08. The van der Waals surface area contributed by atoms with E-state index in [1.807, 2.05) is 7.05 Å². The van der Waals surface area contributed by atoms with E-state index in [1.165, 1.54) is 6.07 Å². The average Bonchev–Trinajstić information content (AvgIpc) is 2.86. The second-order valence-electron chi connectivity index (χ2n) is 4.69. The van der Waals surface area contributed by atoms with E-state index in [9.17, 15) is 13.2 Å². The van der Waals surface area contributed by atoms with Crippen molar-refractivity contribution in [2.45, 2.75) is 25.4 Å². The van der Waals surface area contributed by atoms with Gasteiger partial charge in [-0.05, 0) is 31.6 Å². The van der Waals surface area contributed by atoms with Crippen molar-refractivity contribution in [2.75, 3.05) is 13.6 Å². The van der Waals surface area contributed by atoms with Crippen molar-refractivity contribution < 1.29 is 17.7 Å². The van der Waals surface area contributed by atoms with Crippen molar-refractivity contribution in [3.63, 3.8) is 0 Å². The third-order valence-corrected chi connectivity index (χ3v) is 2.94. The van der Waals surface area contributed by atoms with Gasteiger partial charge in [0.2, 0.25) is 5.89 Å². The molecular formula is C14H16F3N3O. The highest BCUT2D eigenvalue weighted by Crippen LogP contribution is 2.29. The molecule has 0 atom stereocenters. The van der Waals surface area contributed by atoms with E-state index in [0.717, 1.165) is 25.1 Å². The van der Waals surface area contributed by atoms with Crippen LogP contribution in [0.2, 0.25) is 0 Å². The fraction of sp³-hybridized carbons (Fsp3) is 0.429. The van der Waals surface area contributed by atoms with Crippen LogP contribution in [0.1, 0.15) is 29.3 Å². The van der Waals surface area contributed by atoms with Gasteiger partial charge in [0, 0.05) is 12.8 Å². The average molecular weight is 299 g/mol. The number of nitrogens with zero attached hydrogens (tertiary/aromatic N) is 2. The summed E-state index contributed by atoms with van der Waals surface area (Å²) >= 11 is 0. The van der Waals surface area contributed by atoms with Crippen molar-refractivity contribution >= 4 is 0 Å². The fourth-order valence-corrected chi connectivity index (χ4v) is 1.92. The highest BCUT2D eigenvalue weighted by molar-refractivity contribution is 5.27. The third-order valence-electron chi connectivity index (χ3n) is 2.94. The predicted octanol–water partition coefficient (Wildman–Crippen LogP) is 2.83. The van der Waals surface area contributed by atoms with E-state index in [2.05, 4.69) is 15.5 Å². The lowest BCUT2D eigenvalue weighted by molar-refractivity contribution is -0.137. The largest absolute Gasteiger partial charge is 0.416 e. The zero-order valence-corrected chi connectivity index (χ0v) is 11.6. The molecule has 0 aliphatic carbocycles. The third kappa shape index (κ3) is 4.56. The van der Waals surface area contributed by atoms with Gasteiger partial charge in [0.05, 0.1) is 5.56 Å². The molecule has 21 heavy (non-hydrogen) atoms. The van der Waals surface area contributed by atoms with Crippen LogP contribution in [0.4, 0.5) is 13.2 Å². The Kier molecular flexibility index (Phi) is 4.95. The van der Waals surface area contributed by atoms with Gasteiger partial charge in [-0.3, -0.25) is 0 Å². The van der Waals surface area contributed by atoms with Gasteiger partial charge >= 0.3 is 6.18 Å². The number of aromatic nitrogens is 2. The first-order valence-corrected chi connectivity index (χ1v) is 6.61. The molecule has 0 spiro atoms. The number of halogens is 3. The van der Waals surface area contributed by atoms with Crippen LogP contribution in [0.3, 0.4) is 0 Å². The minimum absolute atomic E-state index is 0.222. The van der Waals surface area contributed by atoms with Gasteiger partial charge in [0.25, 0.3) is 0 Å². The molecule has 1 N–H and O–H groups in total. The van der Waals surface area contributed by atoms with Gasteiger partial charge < -0.3 is 9.84 Å². The Balaban J connectivity index is 2.02. The molecule has 0 aliphatic heterocycles. The maximum atomic E-state index is 12.6. The molecule has 0 radical (unpaired) electrons. The zero-order chi connectivity index (χ0) is 15.3. The molecule has 114 valence electrons. The number of rotatable bonds is 6. The van der Waals surface area contributed by atoms with Crippen molar-refractivity contribution in [3.05, 3.63) is 47.1 Å². The Labute approximate surface area is 120 Å². The molecule has 2 aromatic rings. The Bertz CT molecular complexity index is 581. The van der Waals surface area contributed by atoms with Crippen molar-refractivity contribution in [2.24, 2.45) is 0 Å². The molecule has 1 aromatic carbocycles. The molecule has 1 aromatic heterocycles. The highest BCUT2D eigenvalue weighted by atomic mass is 19.4. The molecule has 2 rings (SSSR count). The van der Waals surface area contributed by atoms with E-state index >= 15 is 0 Å². The molecule has 0 unspecified atom stereocenters. The predicted molar refractivity (Wildman–Crippen MR) is 70.8 cm³/mol. The topological polar surface area (TPSA) is 51.0 Å². The van der Waals surface area contributed by atoms with E-state index in [1.54, 1.807) is 6.07 Å². The minimum atomic E-state index is -4.34. The highest BCUT2D eigenvalue weighted by Gasteiger charge is 2.30. The van der Waals surface area contributed by atoms with Crippen molar-refractivity contribution in [3.8, 4) is 0 Å². The van der Waals surface area contributed by atoms with Crippen LogP contribution in [0.25, 0.3) is 0 Å². The Morgan fingerprint density at radius 2 is 2.10 bits per heavy atom. The van der Waals surface area contributed by atoms with Crippen molar-refractivity contribution in [1.29, 1.82) is 0 Å². The molecular weight excluding hydrogens is 283 g/mol. The molecule has 0 saturated carbocycles. The summed E-state index contributed by atoms with van der Waals surface area (Å²) in [6.45, 7) is 0.839. The van der Waals surface area contributed by atoms with Crippen LogP contribution in [0.15, 0.2) is 28.8 Å². The molecule has 7 heteroatoms. The molecule has 0 fully saturated rings. The van der Waals surface area contributed by atoms with Crippen LogP contribution in [0.5, 0.6) is 0 Å². The van der Waals surface area contributed by atoms with Crippen LogP contribution in [-0.2, 0) is 19.0 Å². The summed E-state index contributed by atoms with van der Waals surface area (Å²) in [4.78, 5) is 4.18. The molecule has 4 nitrogen and oxygen atoms in total. The van der Waals surface area contributed by atoms with Gasteiger partial charge in [-0.1, -0.05) is 23.4 Å². The lowest BCUT2D eigenvalue weighted by Gasteiger charge is -2.07. The molecule has 0 bridgehead atoms. The Morgan fingerprint density at radius 1 is 1.29 bits per heavy atom. The fourth-order valence-electron chi connectivity index (χ4n) is 1.92.